The van der Waals surface area contributed by atoms with Crippen molar-refractivity contribution in [2.75, 3.05) is 13.2 Å². The fourth-order valence-corrected chi connectivity index (χ4v) is 3.31. The van der Waals surface area contributed by atoms with Crippen molar-refractivity contribution in [2.24, 2.45) is 5.92 Å². The van der Waals surface area contributed by atoms with E-state index in [0.717, 1.165) is 13.0 Å². The first-order valence-electron chi connectivity index (χ1n) is 6.29. The van der Waals surface area contributed by atoms with Crippen LogP contribution in [0.25, 0.3) is 0 Å². The van der Waals surface area contributed by atoms with Gasteiger partial charge in [-0.2, -0.15) is 0 Å². The van der Waals surface area contributed by atoms with E-state index in [0.29, 0.717) is 17.2 Å². The molecule has 0 spiro atoms. The van der Waals surface area contributed by atoms with E-state index in [9.17, 15) is 0 Å². The average molecular weight is 251 g/mol. The summed E-state index contributed by atoms with van der Waals surface area (Å²) in [5, 5.41) is 13.3. The van der Waals surface area contributed by atoms with Gasteiger partial charge in [-0.05, 0) is 30.9 Å². The van der Waals surface area contributed by atoms with Crippen molar-refractivity contribution >= 4 is 11.8 Å². The lowest BCUT2D eigenvalue weighted by Gasteiger charge is -2.21. The van der Waals surface area contributed by atoms with Crippen LogP contribution >= 0.6 is 11.8 Å². The maximum atomic E-state index is 9.09. The Labute approximate surface area is 108 Å². The largest absolute Gasteiger partial charge is 0.396 e. The number of rotatable bonds is 5. The van der Waals surface area contributed by atoms with Crippen LogP contribution in [0.15, 0.2) is 29.2 Å². The molecule has 1 heterocycles. The molecule has 0 fully saturated rings. The van der Waals surface area contributed by atoms with Gasteiger partial charge in [0.2, 0.25) is 0 Å². The molecule has 2 rings (SSSR count). The van der Waals surface area contributed by atoms with Crippen LogP contribution < -0.4 is 5.32 Å². The van der Waals surface area contributed by atoms with E-state index < -0.39 is 0 Å². The van der Waals surface area contributed by atoms with Crippen LogP contribution in [0.3, 0.4) is 0 Å². The Balaban J connectivity index is 1.80. The first-order valence-corrected chi connectivity index (χ1v) is 7.17. The predicted molar refractivity (Wildman–Crippen MR) is 73.5 cm³/mol. The summed E-state index contributed by atoms with van der Waals surface area (Å²) in [4.78, 5) is 1.43. The van der Waals surface area contributed by atoms with Crippen LogP contribution in [0.4, 0.5) is 0 Å². The molecule has 17 heavy (non-hydrogen) atoms. The number of hydrogen-bond acceptors (Lipinski definition) is 3. The molecule has 0 amide bonds. The Kier molecular flexibility index (Phi) is 4.48. The molecule has 0 bridgehead atoms. The molecular formula is C14H21NOS. The lowest BCUT2D eigenvalue weighted by molar-refractivity contribution is 0.208. The minimum absolute atomic E-state index is 0.256. The van der Waals surface area contributed by atoms with E-state index in [-0.39, 0.29) is 6.61 Å². The molecule has 2 N–H and O–H groups in total. The molecule has 0 radical (unpaired) electrons. The predicted octanol–water partition coefficient (Wildman–Crippen LogP) is 2.31. The van der Waals surface area contributed by atoms with Crippen molar-refractivity contribution in [3.63, 3.8) is 0 Å². The molecule has 1 aromatic carbocycles. The van der Waals surface area contributed by atoms with Crippen molar-refractivity contribution < 1.29 is 5.11 Å². The van der Waals surface area contributed by atoms with Crippen molar-refractivity contribution in [1.29, 1.82) is 0 Å². The van der Waals surface area contributed by atoms with E-state index >= 15 is 0 Å². The number of nitrogens with one attached hydrogen (secondary N) is 1. The van der Waals surface area contributed by atoms with Crippen LogP contribution in [-0.4, -0.2) is 29.5 Å². The molecule has 1 aromatic rings. The minimum atomic E-state index is 0.256. The third-order valence-electron chi connectivity index (χ3n) is 3.52. The van der Waals surface area contributed by atoms with Crippen molar-refractivity contribution in [3.05, 3.63) is 29.8 Å². The van der Waals surface area contributed by atoms with Gasteiger partial charge in [0, 0.05) is 29.3 Å². The van der Waals surface area contributed by atoms with E-state index in [1.54, 1.807) is 0 Å². The van der Waals surface area contributed by atoms with Gasteiger partial charge in [-0.1, -0.05) is 25.1 Å². The Hall–Kier alpha value is -0.510. The molecular weight excluding hydrogens is 230 g/mol. The first-order chi connectivity index (χ1) is 8.20. The highest BCUT2D eigenvalue weighted by molar-refractivity contribution is 8.00. The number of aliphatic hydroxyl groups excluding tert-OH is 1. The summed E-state index contributed by atoms with van der Waals surface area (Å²) < 4.78 is 0. The summed E-state index contributed by atoms with van der Waals surface area (Å²) in [7, 11) is 0. The topological polar surface area (TPSA) is 32.3 Å². The van der Waals surface area contributed by atoms with Gasteiger partial charge in [0.1, 0.15) is 0 Å². The first kappa shape index (κ1) is 12.9. The second kappa shape index (κ2) is 5.89. The Bertz CT molecular complexity index is 344. The molecule has 0 aliphatic carbocycles. The molecule has 2 nitrogen and oxygen atoms in total. The zero-order valence-electron chi connectivity index (χ0n) is 10.5. The lowest BCUT2D eigenvalue weighted by Crippen LogP contribution is -2.37. The highest BCUT2D eigenvalue weighted by Gasteiger charge is 2.22. The Morgan fingerprint density at radius 2 is 2.18 bits per heavy atom. The van der Waals surface area contributed by atoms with Gasteiger partial charge < -0.3 is 10.4 Å². The van der Waals surface area contributed by atoms with Crippen LogP contribution in [-0.2, 0) is 6.42 Å². The van der Waals surface area contributed by atoms with Gasteiger partial charge >= 0.3 is 0 Å². The summed E-state index contributed by atoms with van der Waals surface area (Å²) in [5.41, 5.74) is 1.48. The third kappa shape index (κ3) is 3.24. The van der Waals surface area contributed by atoms with Crippen LogP contribution in [0.1, 0.15) is 19.4 Å². The number of benzene rings is 1. The molecule has 3 unspecified atom stereocenters. The smallest absolute Gasteiger partial charge is 0.0471 e. The Morgan fingerprint density at radius 1 is 1.41 bits per heavy atom. The molecule has 1 aliphatic heterocycles. The molecule has 0 saturated heterocycles. The zero-order valence-corrected chi connectivity index (χ0v) is 11.3. The highest BCUT2D eigenvalue weighted by atomic mass is 32.2. The van der Waals surface area contributed by atoms with Crippen LogP contribution in [0.2, 0.25) is 0 Å². The quantitative estimate of drug-likeness (QED) is 0.842. The van der Waals surface area contributed by atoms with E-state index in [4.69, 9.17) is 5.11 Å². The number of hydrogen-bond donors (Lipinski definition) is 2. The summed E-state index contributed by atoms with van der Waals surface area (Å²) >= 11 is 1.97. The van der Waals surface area contributed by atoms with Crippen molar-refractivity contribution in [2.45, 2.75) is 36.5 Å². The van der Waals surface area contributed by atoms with Crippen molar-refractivity contribution in [1.82, 2.24) is 5.32 Å². The molecule has 1 aliphatic rings. The lowest BCUT2D eigenvalue weighted by atomic mass is 10.0. The molecule has 3 atom stereocenters. The maximum absolute atomic E-state index is 9.09. The molecule has 3 heteroatoms. The van der Waals surface area contributed by atoms with Gasteiger partial charge in [0.05, 0.1) is 0 Å². The normalized spacial score (nSPS) is 22.2. The van der Waals surface area contributed by atoms with E-state index in [1.165, 1.54) is 10.5 Å². The van der Waals surface area contributed by atoms with Crippen LogP contribution in [0, 0.1) is 5.92 Å². The third-order valence-corrected chi connectivity index (χ3v) is 4.84. The maximum Gasteiger partial charge on any atom is 0.0471 e. The van der Waals surface area contributed by atoms with Gasteiger partial charge in [-0.25, -0.2) is 0 Å². The standard InChI is InChI=1S/C14H21NOS/c1-10(9-16)11(2)15-8-13-7-12-5-3-4-6-14(12)17-13/h3-6,10-11,13,15-16H,7-9H2,1-2H3. The summed E-state index contributed by atoms with van der Waals surface area (Å²) in [6.07, 6.45) is 1.16. The molecule has 94 valence electrons. The SMILES string of the molecule is CC(CO)C(C)NCC1Cc2ccccc2S1. The summed E-state index contributed by atoms with van der Waals surface area (Å²) in [6, 6.07) is 9.04. The number of fused-ring (bicyclic) bond motifs is 1. The fourth-order valence-electron chi connectivity index (χ4n) is 2.04. The molecule has 0 saturated carbocycles. The minimum Gasteiger partial charge on any atom is -0.396 e. The van der Waals surface area contributed by atoms with Crippen molar-refractivity contribution in [3.8, 4) is 0 Å². The zero-order chi connectivity index (χ0) is 12.3. The second-order valence-corrected chi connectivity index (χ2v) is 6.25. The van der Waals surface area contributed by atoms with Gasteiger partial charge in [0.15, 0.2) is 0 Å². The summed E-state index contributed by atoms with van der Waals surface area (Å²) in [5.74, 6) is 0.323. The van der Waals surface area contributed by atoms with Gasteiger partial charge in [-0.3, -0.25) is 0 Å². The number of aliphatic hydroxyl groups is 1. The Morgan fingerprint density at radius 3 is 2.88 bits per heavy atom. The van der Waals surface area contributed by atoms with Gasteiger partial charge in [0.25, 0.3) is 0 Å². The average Bonchev–Trinajstić information content (AvgIpc) is 2.77. The van der Waals surface area contributed by atoms with Gasteiger partial charge in [-0.15, -0.1) is 11.8 Å². The fraction of sp³-hybridized carbons (Fsp3) is 0.571. The summed E-state index contributed by atoms with van der Waals surface area (Å²) in [6.45, 7) is 5.50. The molecule has 0 aromatic heterocycles. The van der Waals surface area contributed by atoms with E-state index in [2.05, 4.69) is 43.4 Å². The highest BCUT2D eigenvalue weighted by Crippen LogP contribution is 2.36. The van der Waals surface area contributed by atoms with Crippen LogP contribution in [0.5, 0.6) is 0 Å². The monoisotopic (exact) mass is 251 g/mol. The second-order valence-electron chi connectivity index (χ2n) is 4.91. The number of thioether (sulfide) groups is 1. The van der Waals surface area contributed by atoms with E-state index in [1.807, 2.05) is 11.8 Å².